The minimum Gasteiger partial charge on any atom is -0.409 e. The molecule has 0 radical (unpaired) electrons. The van der Waals surface area contributed by atoms with Gasteiger partial charge in [0.2, 0.25) is 0 Å². The second-order valence-electron chi connectivity index (χ2n) is 3.99. The Morgan fingerprint density at radius 2 is 2.28 bits per heavy atom. The van der Waals surface area contributed by atoms with Crippen molar-refractivity contribution in [3.05, 3.63) is 22.8 Å². The van der Waals surface area contributed by atoms with Crippen molar-refractivity contribution < 1.29 is 10.3 Å². The molecule has 0 aliphatic rings. The van der Waals surface area contributed by atoms with E-state index in [1.807, 2.05) is 18.7 Å². The Morgan fingerprint density at radius 1 is 1.61 bits per heavy atom. The van der Waals surface area contributed by atoms with Gasteiger partial charge in [-0.25, -0.2) is 4.98 Å². The first kappa shape index (κ1) is 14.5. The van der Waals surface area contributed by atoms with Crippen LogP contribution in [-0.4, -0.2) is 40.3 Å². The molecule has 0 amide bonds. The first-order chi connectivity index (χ1) is 8.52. The van der Waals surface area contributed by atoms with E-state index >= 15 is 0 Å². The van der Waals surface area contributed by atoms with Crippen LogP contribution in [0, 0.1) is 0 Å². The predicted octanol–water partition coefficient (Wildman–Crippen LogP) is 1.04. The third-order valence-electron chi connectivity index (χ3n) is 2.49. The van der Waals surface area contributed by atoms with Gasteiger partial charge in [0.25, 0.3) is 0 Å². The van der Waals surface area contributed by atoms with Crippen molar-refractivity contribution in [2.75, 3.05) is 18.1 Å². The van der Waals surface area contributed by atoms with Gasteiger partial charge >= 0.3 is 0 Å². The molecule has 6 nitrogen and oxygen atoms in total. The average Bonchev–Trinajstić information content (AvgIpc) is 2.35. The second kappa shape index (κ2) is 6.42. The molecule has 1 heterocycles. The van der Waals surface area contributed by atoms with Gasteiger partial charge in [-0.05, 0) is 19.9 Å². The number of anilines is 1. The second-order valence-corrected chi connectivity index (χ2v) is 4.37. The number of nitrogens with two attached hydrogens (primary N) is 1. The standard InChI is InChI=1S/C11H17ClN4O2/c1-7(2)16(5-6-17)11-9(12)8(3-4-14-11)10(13)15-18/h3-4,7,17-18H,5-6H2,1-2H3,(H2,13,15). The number of nitrogens with zero attached hydrogens (tertiary/aromatic N) is 3. The van der Waals surface area contributed by atoms with Gasteiger partial charge in [-0.1, -0.05) is 16.8 Å². The third kappa shape index (κ3) is 3.02. The fraction of sp³-hybridized carbons (Fsp3) is 0.455. The average molecular weight is 273 g/mol. The normalized spacial score (nSPS) is 11.9. The summed E-state index contributed by atoms with van der Waals surface area (Å²) in [6.07, 6.45) is 1.53. The molecule has 0 bridgehead atoms. The van der Waals surface area contributed by atoms with E-state index in [0.29, 0.717) is 22.9 Å². The Balaban J connectivity index is 3.24. The number of hydrogen-bond acceptors (Lipinski definition) is 5. The van der Waals surface area contributed by atoms with E-state index in [1.54, 1.807) is 6.07 Å². The smallest absolute Gasteiger partial charge is 0.171 e. The van der Waals surface area contributed by atoms with Crippen molar-refractivity contribution >= 4 is 23.3 Å². The van der Waals surface area contributed by atoms with E-state index in [2.05, 4.69) is 10.1 Å². The van der Waals surface area contributed by atoms with Crippen molar-refractivity contribution in [2.45, 2.75) is 19.9 Å². The first-order valence-corrected chi connectivity index (χ1v) is 5.90. The minimum atomic E-state index is -0.0728. The zero-order valence-corrected chi connectivity index (χ0v) is 11.1. The SMILES string of the molecule is CC(C)N(CCO)c1nccc(/C(N)=N/O)c1Cl. The van der Waals surface area contributed by atoms with Gasteiger partial charge in [0.1, 0.15) is 5.82 Å². The fourth-order valence-corrected chi connectivity index (χ4v) is 1.92. The van der Waals surface area contributed by atoms with E-state index in [1.165, 1.54) is 6.20 Å². The van der Waals surface area contributed by atoms with E-state index in [-0.39, 0.29) is 18.5 Å². The molecule has 0 fully saturated rings. The molecule has 4 N–H and O–H groups in total. The molecule has 0 saturated heterocycles. The van der Waals surface area contributed by atoms with Gasteiger partial charge in [-0.15, -0.1) is 0 Å². The first-order valence-electron chi connectivity index (χ1n) is 5.52. The summed E-state index contributed by atoms with van der Waals surface area (Å²) < 4.78 is 0. The van der Waals surface area contributed by atoms with E-state index in [9.17, 15) is 0 Å². The zero-order chi connectivity index (χ0) is 13.7. The molecule has 0 saturated carbocycles. The lowest BCUT2D eigenvalue weighted by Gasteiger charge is -2.28. The van der Waals surface area contributed by atoms with Crippen LogP contribution in [0.1, 0.15) is 19.4 Å². The van der Waals surface area contributed by atoms with E-state index < -0.39 is 0 Å². The Labute approximate surface area is 111 Å². The highest BCUT2D eigenvalue weighted by Crippen LogP contribution is 2.27. The maximum absolute atomic E-state index is 9.06. The molecule has 1 aromatic rings. The van der Waals surface area contributed by atoms with Crippen LogP contribution in [0.15, 0.2) is 17.4 Å². The van der Waals surface area contributed by atoms with Crippen molar-refractivity contribution in [3.63, 3.8) is 0 Å². The summed E-state index contributed by atoms with van der Waals surface area (Å²) in [7, 11) is 0. The molecule has 1 rings (SSSR count). The third-order valence-corrected chi connectivity index (χ3v) is 2.86. The number of oxime groups is 1. The topological polar surface area (TPSA) is 95.0 Å². The van der Waals surface area contributed by atoms with Crippen molar-refractivity contribution in [1.29, 1.82) is 0 Å². The number of halogens is 1. The maximum Gasteiger partial charge on any atom is 0.171 e. The summed E-state index contributed by atoms with van der Waals surface area (Å²) in [5, 5.41) is 21.0. The summed E-state index contributed by atoms with van der Waals surface area (Å²) in [4.78, 5) is 6.03. The van der Waals surface area contributed by atoms with Gasteiger partial charge in [0.05, 0.1) is 11.6 Å². The predicted molar refractivity (Wildman–Crippen MR) is 71.3 cm³/mol. The Bertz CT molecular complexity index is 437. The largest absolute Gasteiger partial charge is 0.409 e. The van der Waals surface area contributed by atoms with Gasteiger partial charge in [0, 0.05) is 24.3 Å². The molecule has 0 aliphatic carbocycles. The summed E-state index contributed by atoms with van der Waals surface area (Å²) in [6, 6.07) is 1.68. The molecule has 0 spiro atoms. The summed E-state index contributed by atoms with van der Waals surface area (Å²) in [6.45, 7) is 4.32. The van der Waals surface area contributed by atoms with Gasteiger partial charge in [-0.3, -0.25) is 0 Å². The Hall–Kier alpha value is -1.53. The Kier molecular flexibility index (Phi) is 5.18. The van der Waals surface area contributed by atoms with Crippen LogP contribution in [0.5, 0.6) is 0 Å². The molecule has 100 valence electrons. The van der Waals surface area contributed by atoms with Crippen LogP contribution >= 0.6 is 11.6 Å². The molecule has 0 aromatic carbocycles. The van der Waals surface area contributed by atoms with Crippen molar-refractivity contribution in [3.8, 4) is 0 Å². The van der Waals surface area contributed by atoms with Crippen molar-refractivity contribution in [1.82, 2.24) is 4.98 Å². The van der Waals surface area contributed by atoms with Crippen LogP contribution in [0.3, 0.4) is 0 Å². The fourth-order valence-electron chi connectivity index (χ4n) is 1.60. The van der Waals surface area contributed by atoms with Gasteiger partial charge in [-0.2, -0.15) is 0 Å². The number of aliphatic hydroxyl groups excluding tert-OH is 1. The van der Waals surface area contributed by atoms with Crippen LogP contribution < -0.4 is 10.6 Å². The number of hydrogen-bond donors (Lipinski definition) is 3. The summed E-state index contributed by atoms with van der Waals surface area (Å²) >= 11 is 6.20. The van der Waals surface area contributed by atoms with Crippen LogP contribution in [-0.2, 0) is 0 Å². The highest BCUT2D eigenvalue weighted by atomic mass is 35.5. The highest BCUT2D eigenvalue weighted by Gasteiger charge is 2.18. The van der Waals surface area contributed by atoms with E-state index in [4.69, 9.17) is 27.6 Å². The molecule has 0 atom stereocenters. The van der Waals surface area contributed by atoms with Crippen molar-refractivity contribution in [2.24, 2.45) is 10.9 Å². The molecular formula is C11H17ClN4O2. The summed E-state index contributed by atoms with van der Waals surface area (Å²) in [5.74, 6) is 0.432. The van der Waals surface area contributed by atoms with Crippen LogP contribution in [0.25, 0.3) is 0 Å². The lowest BCUT2D eigenvalue weighted by Crippen LogP contribution is -2.34. The van der Waals surface area contributed by atoms with E-state index in [0.717, 1.165) is 0 Å². The molecule has 7 heteroatoms. The quantitative estimate of drug-likeness (QED) is 0.322. The maximum atomic E-state index is 9.06. The lowest BCUT2D eigenvalue weighted by molar-refractivity contribution is 0.298. The zero-order valence-electron chi connectivity index (χ0n) is 10.3. The van der Waals surface area contributed by atoms with Gasteiger partial charge < -0.3 is 20.9 Å². The van der Waals surface area contributed by atoms with Crippen LogP contribution in [0.2, 0.25) is 5.02 Å². The number of aliphatic hydroxyl groups is 1. The highest BCUT2D eigenvalue weighted by molar-refractivity contribution is 6.36. The number of aromatic nitrogens is 1. The number of pyridine rings is 1. The van der Waals surface area contributed by atoms with Crippen LogP contribution in [0.4, 0.5) is 5.82 Å². The monoisotopic (exact) mass is 272 g/mol. The van der Waals surface area contributed by atoms with Gasteiger partial charge in [0.15, 0.2) is 5.84 Å². The lowest BCUT2D eigenvalue weighted by atomic mass is 10.2. The molecule has 0 unspecified atom stereocenters. The number of rotatable bonds is 5. The summed E-state index contributed by atoms with van der Waals surface area (Å²) in [5.41, 5.74) is 5.94. The Morgan fingerprint density at radius 3 is 2.78 bits per heavy atom. The molecule has 1 aromatic heterocycles. The molecule has 18 heavy (non-hydrogen) atoms. The minimum absolute atomic E-state index is 0.00993. The molecular weight excluding hydrogens is 256 g/mol. The molecule has 0 aliphatic heterocycles. The number of amidine groups is 1.